The predicted octanol–water partition coefficient (Wildman–Crippen LogP) is 2.67. The molecule has 0 radical (unpaired) electrons. The SMILES string of the molecule is CN(CC1CCC(O)CC1)c1ccccc1. The van der Waals surface area contributed by atoms with Gasteiger partial charge in [-0.05, 0) is 43.7 Å². The quantitative estimate of drug-likeness (QED) is 0.845. The molecule has 1 aromatic rings. The van der Waals surface area contributed by atoms with E-state index in [1.807, 2.05) is 6.07 Å². The van der Waals surface area contributed by atoms with Crippen LogP contribution in [0.25, 0.3) is 0 Å². The van der Waals surface area contributed by atoms with Crippen LogP contribution in [0.3, 0.4) is 0 Å². The maximum absolute atomic E-state index is 9.46. The molecule has 1 N–H and O–H groups in total. The third kappa shape index (κ3) is 2.99. The first-order valence-electron chi connectivity index (χ1n) is 6.20. The van der Waals surface area contributed by atoms with Crippen molar-refractivity contribution >= 4 is 5.69 Å². The lowest BCUT2D eigenvalue weighted by Gasteiger charge is -2.30. The van der Waals surface area contributed by atoms with Crippen LogP contribution < -0.4 is 4.90 Å². The van der Waals surface area contributed by atoms with Gasteiger partial charge in [0.05, 0.1) is 6.10 Å². The Morgan fingerprint density at radius 1 is 1.12 bits per heavy atom. The highest BCUT2D eigenvalue weighted by atomic mass is 16.3. The van der Waals surface area contributed by atoms with Crippen molar-refractivity contribution in [3.63, 3.8) is 0 Å². The third-order valence-electron chi connectivity index (χ3n) is 3.55. The van der Waals surface area contributed by atoms with E-state index in [0.29, 0.717) is 0 Å². The average Bonchev–Trinajstić information content (AvgIpc) is 2.33. The predicted molar refractivity (Wildman–Crippen MR) is 67.7 cm³/mol. The van der Waals surface area contributed by atoms with Crippen LogP contribution in [0.2, 0.25) is 0 Å². The molecule has 88 valence electrons. The summed E-state index contributed by atoms with van der Waals surface area (Å²) in [5, 5.41) is 9.46. The molecule has 16 heavy (non-hydrogen) atoms. The van der Waals surface area contributed by atoms with Crippen LogP contribution in [-0.2, 0) is 0 Å². The Morgan fingerprint density at radius 3 is 2.38 bits per heavy atom. The van der Waals surface area contributed by atoms with Crippen LogP contribution in [0.5, 0.6) is 0 Å². The highest BCUT2D eigenvalue weighted by Gasteiger charge is 2.20. The van der Waals surface area contributed by atoms with E-state index in [4.69, 9.17) is 0 Å². The Labute approximate surface area is 97.9 Å². The van der Waals surface area contributed by atoms with Crippen LogP contribution in [-0.4, -0.2) is 24.8 Å². The van der Waals surface area contributed by atoms with Crippen molar-refractivity contribution in [2.75, 3.05) is 18.5 Å². The molecular formula is C14H21NO. The van der Waals surface area contributed by atoms with Gasteiger partial charge in [0.15, 0.2) is 0 Å². The lowest BCUT2D eigenvalue weighted by Crippen LogP contribution is -2.29. The van der Waals surface area contributed by atoms with Gasteiger partial charge < -0.3 is 10.0 Å². The van der Waals surface area contributed by atoms with Crippen molar-refractivity contribution < 1.29 is 5.11 Å². The summed E-state index contributed by atoms with van der Waals surface area (Å²) >= 11 is 0. The number of para-hydroxylation sites is 1. The fourth-order valence-electron chi connectivity index (χ4n) is 2.50. The van der Waals surface area contributed by atoms with E-state index < -0.39 is 0 Å². The highest BCUT2D eigenvalue weighted by molar-refractivity contribution is 5.44. The summed E-state index contributed by atoms with van der Waals surface area (Å²) in [7, 11) is 2.15. The first kappa shape index (κ1) is 11.5. The molecule has 0 spiro atoms. The number of hydrogen-bond acceptors (Lipinski definition) is 2. The molecule has 1 aliphatic rings. The largest absolute Gasteiger partial charge is 0.393 e. The van der Waals surface area contributed by atoms with E-state index in [1.165, 1.54) is 18.5 Å². The van der Waals surface area contributed by atoms with Crippen molar-refractivity contribution in [2.24, 2.45) is 5.92 Å². The minimum Gasteiger partial charge on any atom is -0.393 e. The van der Waals surface area contributed by atoms with Gasteiger partial charge in [0.25, 0.3) is 0 Å². The molecule has 1 aliphatic carbocycles. The Hall–Kier alpha value is -1.02. The number of hydrogen-bond donors (Lipinski definition) is 1. The molecule has 2 rings (SSSR count). The minimum absolute atomic E-state index is 0.0433. The van der Waals surface area contributed by atoms with Crippen LogP contribution in [0, 0.1) is 5.92 Å². The van der Waals surface area contributed by atoms with Crippen molar-refractivity contribution in [1.29, 1.82) is 0 Å². The van der Waals surface area contributed by atoms with Gasteiger partial charge in [-0.15, -0.1) is 0 Å². The molecule has 0 heterocycles. The highest BCUT2D eigenvalue weighted by Crippen LogP contribution is 2.26. The van der Waals surface area contributed by atoms with Crippen LogP contribution >= 0.6 is 0 Å². The van der Waals surface area contributed by atoms with Crippen molar-refractivity contribution in [3.8, 4) is 0 Å². The van der Waals surface area contributed by atoms with E-state index in [0.717, 1.165) is 25.3 Å². The second-order valence-electron chi connectivity index (χ2n) is 4.89. The van der Waals surface area contributed by atoms with E-state index in [-0.39, 0.29) is 6.10 Å². The Bertz CT molecular complexity index is 304. The molecule has 0 aromatic heterocycles. The van der Waals surface area contributed by atoms with Crippen LogP contribution in [0.4, 0.5) is 5.69 Å². The normalized spacial score (nSPS) is 25.4. The summed E-state index contributed by atoms with van der Waals surface area (Å²) in [6.07, 6.45) is 4.25. The van der Waals surface area contributed by atoms with Gasteiger partial charge in [-0.1, -0.05) is 18.2 Å². The first-order valence-corrected chi connectivity index (χ1v) is 6.20. The summed E-state index contributed by atoms with van der Waals surface area (Å²) in [6.45, 7) is 1.11. The molecule has 1 aromatic carbocycles. The molecule has 0 amide bonds. The van der Waals surface area contributed by atoms with Crippen molar-refractivity contribution in [2.45, 2.75) is 31.8 Å². The van der Waals surface area contributed by atoms with Crippen LogP contribution in [0.15, 0.2) is 30.3 Å². The minimum atomic E-state index is -0.0433. The topological polar surface area (TPSA) is 23.5 Å². The Kier molecular flexibility index (Phi) is 3.83. The van der Waals surface area contributed by atoms with Gasteiger partial charge in [-0.3, -0.25) is 0 Å². The van der Waals surface area contributed by atoms with E-state index in [9.17, 15) is 5.11 Å². The molecule has 2 heteroatoms. The Morgan fingerprint density at radius 2 is 1.75 bits per heavy atom. The third-order valence-corrected chi connectivity index (χ3v) is 3.55. The number of aliphatic hydroxyl groups is 1. The fourth-order valence-corrected chi connectivity index (χ4v) is 2.50. The maximum atomic E-state index is 9.46. The monoisotopic (exact) mass is 219 g/mol. The second-order valence-corrected chi connectivity index (χ2v) is 4.89. The standard InChI is InChI=1S/C14H21NO/c1-15(13-5-3-2-4-6-13)11-12-7-9-14(16)10-8-12/h2-6,12,14,16H,7-11H2,1H3. The molecule has 1 saturated carbocycles. The number of anilines is 1. The number of nitrogens with zero attached hydrogens (tertiary/aromatic N) is 1. The molecular weight excluding hydrogens is 198 g/mol. The lowest BCUT2D eigenvalue weighted by atomic mass is 9.87. The number of rotatable bonds is 3. The molecule has 1 fully saturated rings. The zero-order valence-corrected chi connectivity index (χ0v) is 9.97. The van der Waals surface area contributed by atoms with Gasteiger partial charge >= 0.3 is 0 Å². The summed E-state index contributed by atoms with van der Waals surface area (Å²) < 4.78 is 0. The lowest BCUT2D eigenvalue weighted by molar-refractivity contribution is 0.110. The van der Waals surface area contributed by atoms with E-state index in [2.05, 4.69) is 36.2 Å². The molecule has 0 atom stereocenters. The smallest absolute Gasteiger partial charge is 0.0540 e. The van der Waals surface area contributed by atoms with Gasteiger partial charge in [-0.25, -0.2) is 0 Å². The zero-order chi connectivity index (χ0) is 11.4. The summed E-state index contributed by atoms with van der Waals surface area (Å²) in [5.74, 6) is 0.744. The number of aliphatic hydroxyl groups excluding tert-OH is 1. The molecule has 0 saturated heterocycles. The molecule has 2 nitrogen and oxygen atoms in total. The van der Waals surface area contributed by atoms with E-state index in [1.54, 1.807) is 0 Å². The second kappa shape index (κ2) is 5.35. The summed E-state index contributed by atoms with van der Waals surface area (Å²) in [4.78, 5) is 2.32. The molecule has 0 unspecified atom stereocenters. The van der Waals surface area contributed by atoms with Crippen molar-refractivity contribution in [1.82, 2.24) is 0 Å². The van der Waals surface area contributed by atoms with Gasteiger partial charge in [-0.2, -0.15) is 0 Å². The van der Waals surface area contributed by atoms with Gasteiger partial charge in [0, 0.05) is 19.3 Å². The van der Waals surface area contributed by atoms with Crippen LogP contribution in [0.1, 0.15) is 25.7 Å². The summed E-state index contributed by atoms with van der Waals surface area (Å²) in [6, 6.07) is 10.5. The molecule has 0 aliphatic heterocycles. The average molecular weight is 219 g/mol. The zero-order valence-electron chi connectivity index (χ0n) is 9.97. The van der Waals surface area contributed by atoms with Gasteiger partial charge in [0.2, 0.25) is 0 Å². The van der Waals surface area contributed by atoms with E-state index >= 15 is 0 Å². The van der Waals surface area contributed by atoms with Crippen molar-refractivity contribution in [3.05, 3.63) is 30.3 Å². The molecule has 0 bridgehead atoms. The van der Waals surface area contributed by atoms with Gasteiger partial charge in [0.1, 0.15) is 0 Å². The maximum Gasteiger partial charge on any atom is 0.0540 e. The first-order chi connectivity index (χ1) is 7.75. The number of benzene rings is 1. The fraction of sp³-hybridized carbons (Fsp3) is 0.571. The summed E-state index contributed by atoms with van der Waals surface area (Å²) in [5.41, 5.74) is 1.29. The Balaban J connectivity index is 1.86.